The molecule has 0 unspecified atom stereocenters. The number of pyridine rings is 1. The van der Waals surface area contributed by atoms with Crippen LogP contribution in [0.4, 0.5) is 0 Å². The van der Waals surface area contributed by atoms with Gasteiger partial charge in [0, 0.05) is 30.7 Å². The van der Waals surface area contributed by atoms with Crippen LogP contribution in [0.3, 0.4) is 0 Å². The van der Waals surface area contributed by atoms with Crippen LogP contribution < -0.4 is 19.6 Å². The molecule has 0 radical (unpaired) electrons. The lowest BCUT2D eigenvalue weighted by atomic mass is 9.98. The standard InChI is InChI=1S/C22H22N2O5/c1-27-15-4-5-16-18(10-15)23-11-17(21(16)25)22(26)24-7-6-13-8-19(28-2)20(29-3)9-14(13)12-24/h4-5,8-11H,6-7,12H2,1-3H3,(H,23,25). The van der Waals surface area contributed by atoms with Gasteiger partial charge in [0.1, 0.15) is 11.3 Å². The lowest BCUT2D eigenvalue weighted by Gasteiger charge is -2.29. The molecule has 1 N–H and O–H groups in total. The van der Waals surface area contributed by atoms with E-state index >= 15 is 0 Å². The number of hydrogen-bond donors (Lipinski definition) is 1. The third-order valence-corrected chi connectivity index (χ3v) is 5.32. The van der Waals surface area contributed by atoms with Gasteiger partial charge in [0.05, 0.1) is 26.8 Å². The Morgan fingerprint density at radius 3 is 2.41 bits per heavy atom. The number of hydrogen-bond acceptors (Lipinski definition) is 5. The molecule has 1 aliphatic rings. The van der Waals surface area contributed by atoms with E-state index in [0.717, 1.165) is 11.1 Å². The quantitative estimate of drug-likeness (QED) is 0.736. The fraction of sp³-hybridized carbons (Fsp3) is 0.273. The van der Waals surface area contributed by atoms with Gasteiger partial charge in [-0.1, -0.05) is 0 Å². The molecule has 0 bridgehead atoms. The largest absolute Gasteiger partial charge is 0.497 e. The fourth-order valence-electron chi connectivity index (χ4n) is 3.71. The van der Waals surface area contributed by atoms with Gasteiger partial charge < -0.3 is 24.1 Å². The highest BCUT2D eigenvalue weighted by Crippen LogP contribution is 2.33. The Kier molecular flexibility index (Phi) is 4.88. The zero-order valence-electron chi connectivity index (χ0n) is 16.6. The number of rotatable bonds is 4. The van der Waals surface area contributed by atoms with Gasteiger partial charge in [-0.25, -0.2) is 0 Å². The number of methoxy groups -OCH3 is 3. The summed E-state index contributed by atoms with van der Waals surface area (Å²) in [7, 11) is 4.75. The molecule has 0 atom stereocenters. The highest BCUT2D eigenvalue weighted by atomic mass is 16.5. The van der Waals surface area contributed by atoms with Crippen molar-refractivity contribution in [3.63, 3.8) is 0 Å². The number of ether oxygens (including phenoxy) is 3. The summed E-state index contributed by atoms with van der Waals surface area (Å²) in [6.45, 7) is 0.940. The van der Waals surface area contributed by atoms with Gasteiger partial charge >= 0.3 is 0 Å². The maximum atomic E-state index is 13.1. The molecule has 150 valence electrons. The van der Waals surface area contributed by atoms with Crippen LogP contribution in [0.1, 0.15) is 21.5 Å². The Balaban J connectivity index is 1.66. The molecular weight excluding hydrogens is 372 g/mol. The summed E-state index contributed by atoms with van der Waals surface area (Å²) in [5, 5.41) is 0.459. The Bertz CT molecular complexity index is 1150. The molecule has 7 nitrogen and oxygen atoms in total. The van der Waals surface area contributed by atoms with Gasteiger partial charge in [-0.2, -0.15) is 0 Å². The average molecular weight is 394 g/mol. The number of aromatic amines is 1. The Labute approximate surface area is 167 Å². The minimum Gasteiger partial charge on any atom is -0.497 e. The maximum absolute atomic E-state index is 13.1. The van der Waals surface area contributed by atoms with Crippen molar-refractivity contribution in [2.75, 3.05) is 27.9 Å². The summed E-state index contributed by atoms with van der Waals surface area (Å²) in [4.78, 5) is 30.7. The van der Waals surface area contributed by atoms with E-state index in [1.807, 2.05) is 12.1 Å². The predicted octanol–water partition coefficient (Wildman–Crippen LogP) is 2.75. The van der Waals surface area contributed by atoms with Crippen LogP contribution in [0.2, 0.25) is 0 Å². The first-order chi connectivity index (χ1) is 14.0. The van der Waals surface area contributed by atoms with E-state index in [4.69, 9.17) is 14.2 Å². The van der Waals surface area contributed by atoms with E-state index in [1.165, 1.54) is 6.20 Å². The average Bonchev–Trinajstić information content (AvgIpc) is 2.77. The Morgan fingerprint density at radius 2 is 1.72 bits per heavy atom. The van der Waals surface area contributed by atoms with Crippen LogP contribution in [-0.4, -0.2) is 43.7 Å². The molecule has 1 aliphatic heterocycles. The molecule has 2 heterocycles. The van der Waals surface area contributed by atoms with E-state index in [2.05, 4.69) is 4.98 Å². The number of benzene rings is 2. The molecule has 0 fully saturated rings. The third kappa shape index (κ3) is 3.29. The zero-order chi connectivity index (χ0) is 20.5. The number of fused-ring (bicyclic) bond motifs is 2. The number of aromatic nitrogens is 1. The van der Waals surface area contributed by atoms with Gasteiger partial charge in [0.2, 0.25) is 5.43 Å². The van der Waals surface area contributed by atoms with E-state index in [0.29, 0.717) is 47.7 Å². The molecule has 1 aromatic heterocycles. The first-order valence-electron chi connectivity index (χ1n) is 9.28. The van der Waals surface area contributed by atoms with Crippen molar-refractivity contribution in [2.24, 2.45) is 0 Å². The van der Waals surface area contributed by atoms with Crippen LogP contribution in [-0.2, 0) is 13.0 Å². The normalized spacial score (nSPS) is 13.1. The lowest BCUT2D eigenvalue weighted by Crippen LogP contribution is -2.38. The Morgan fingerprint density at radius 1 is 1.00 bits per heavy atom. The van der Waals surface area contributed by atoms with E-state index in [1.54, 1.807) is 44.4 Å². The minimum atomic E-state index is -0.288. The monoisotopic (exact) mass is 394 g/mol. The van der Waals surface area contributed by atoms with Crippen molar-refractivity contribution in [3.05, 3.63) is 63.4 Å². The second-order valence-electron chi connectivity index (χ2n) is 6.90. The topological polar surface area (TPSA) is 80.9 Å². The van der Waals surface area contributed by atoms with Crippen LogP contribution in [0, 0.1) is 0 Å². The van der Waals surface area contributed by atoms with E-state index in [9.17, 15) is 9.59 Å². The summed E-state index contributed by atoms with van der Waals surface area (Å²) >= 11 is 0. The molecule has 0 saturated carbocycles. The summed E-state index contributed by atoms with van der Waals surface area (Å²) in [5.74, 6) is 1.65. The number of carbonyl (C=O) groups is 1. The molecule has 29 heavy (non-hydrogen) atoms. The van der Waals surface area contributed by atoms with Crippen molar-refractivity contribution < 1.29 is 19.0 Å². The lowest BCUT2D eigenvalue weighted by molar-refractivity contribution is 0.0733. The van der Waals surface area contributed by atoms with Crippen molar-refractivity contribution in [2.45, 2.75) is 13.0 Å². The number of carbonyl (C=O) groups excluding carboxylic acids is 1. The van der Waals surface area contributed by atoms with Gasteiger partial charge in [0.25, 0.3) is 5.91 Å². The first-order valence-corrected chi connectivity index (χ1v) is 9.28. The third-order valence-electron chi connectivity index (χ3n) is 5.32. The van der Waals surface area contributed by atoms with Gasteiger partial charge in [-0.3, -0.25) is 9.59 Å². The number of nitrogens with one attached hydrogen (secondary N) is 1. The van der Waals surface area contributed by atoms with Crippen LogP contribution in [0.25, 0.3) is 10.9 Å². The molecular formula is C22H22N2O5. The molecule has 7 heteroatoms. The summed E-state index contributed by atoms with van der Waals surface area (Å²) in [6, 6.07) is 8.97. The van der Waals surface area contributed by atoms with Crippen molar-refractivity contribution >= 4 is 16.8 Å². The minimum absolute atomic E-state index is 0.131. The Hall–Kier alpha value is -3.48. The molecule has 0 aliphatic carbocycles. The van der Waals surface area contributed by atoms with Crippen molar-refractivity contribution in [3.8, 4) is 17.2 Å². The number of amides is 1. The smallest absolute Gasteiger partial charge is 0.259 e. The molecule has 1 amide bonds. The van der Waals surface area contributed by atoms with E-state index < -0.39 is 0 Å². The molecule has 0 saturated heterocycles. The summed E-state index contributed by atoms with van der Waals surface area (Å²) in [5.41, 5.74) is 2.58. The predicted molar refractivity (Wildman–Crippen MR) is 109 cm³/mol. The summed E-state index contributed by atoms with van der Waals surface area (Å²) in [6.07, 6.45) is 2.17. The van der Waals surface area contributed by atoms with E-state index in [-0.39, 0.29) is 16.9 Å². The van der Waals surface area contributed by atoms with Crippen LogP contribution in [0.15, 0.2) is 41.3 Å². The fourth-order valence-corrected chi connectivity index (χ4v) is 3.71. The molecule has 2 aromatic carbocycles. The maximum Gasteiger partial charge on any atom is 0.259 e. The zero-order valence-corrected chi connectivity index (χ0v) is 16.6. The number of nitrogens with zero attached hydrogens (tertiary/aromatic N) is 1. The first kappa shape index (κ1) is 18.9. The van der Waals surface area contributed by atoms with Gasteiger partial charge in [-0.15, -0.1) is 0 Å². The van der Waals surface area contributed by atoms with Crippen LogP contribution >= 0.6 is 0 Å². The summed E-state index contributed by atoms with van der Waals surface area (Å²) < 4.78 is 15.9. The SMILES string of the molecule is COc1ccc2c(=O)c(C(=O)N3CCc4cc(OC)c(OC)cc4C3)c[nH]c2c1. The second kappa shape index (κ2) is 7.50. The highest BCUT2D eigenvalue weighted by molar-refractivity contribution is 5.97. The van der Waals surface area contributed by atoms with Crippen molar-refractivity contribution in [1.29, 1.82) is 0 Å². The van der Waals surface area contributed by atoms with Gasteiger partial charge in [-0.05, 0) is 41.8 Å². The van der Waals surface area contributed by atoms with Crippen LogP contribution in [0.5, 0.6) is 17.2 Å². The highest BCUT2D eigenvalue weighted by Gasteiger charge is 2.25. The second-order valence-corrected chi connectivity index (χ2v) is 6.90. The number of H-pyrrole nitrogens is 1. The van der Waals surface area contributed by atoms with Gasteiger partial charge in [0.15, 0.2) is 11.5 Å². The molecule has 4 rings (SSSR count). The molecule has 0 spiro atoms. The van der Waals surface area contributed by atoms with Crippen molar-refractivity contribution in [1.82, 2.24) is 9.88 Å². The molecule has 3 aromatic rings.